The van der Waals surface area contributed by atoms with Crippen molar-refractivity contribution in [3.63, 3.8) is 0 Å². The minimum absolute atomic E-state index is 0. The van der Waals surface area contributed by atoms with Gasteiger partial charge in [0.2, 0.25) is 0 Å². The summed E-state index contributed by atoms with van der Waals surface area (Å²) < 4.78 is 30.1. The molecule has 1 N–H and O–H groups in total. The maximum atomic E-state index is 11.8. The van der Waals surface area contributed by atoms with Crippen LogP contribution in [0.15, 0.2) is 60.3 Å². The first-order valence-corrected chi connectivity index (χ1v) is 14.7. The van der Waals surface area contributed by atoms with Crippen molar-refractivity contribution in [2.45, 2.75) is 74.4 Å². The lowest BCUT2D eigenvalue weighted by molar-refractivity contribution is -0.231. The molecule has 4 rings (SSSR count). The quantitative estimate of drug-likeness (QED) is 0.0914. The monoisotopic (exact) mass is 771 g/mol. The van der Waals surface area contributed by atoms with Crippen molar-refractivity contribution in [2.75, 3.05) is 18.5 Å². The summed E-state index contributed by atoms with van der Waals surface area (Å²) in [6, 6.07) is 13.7. The Balaban J connectivity index is 0.000000742. The van der Waals surface area contributed by atoms with E-state index in [-0.39, 0.29) is 32.8 Å². The van der Waals surface area contributed by atoms with Crippen LogP contribution < -0.4 is 5.32 Å². The van der Waals surface area contributed by atoms with Gasteiger partial charge in [-0.25, -0.2) is 19.2 Å². The topological polar surface area (TPSA) is 170 Å². The molecular weight excluding hydrogens is 729 g/mol. The molecule has 13 nitrogen and oxygen atoms in total. The van der Waals surface area contributed by atoms with E-state index in [1.54, 1.807) is 50.2 Å². The summed E-state index contributed by atoms with van der Waals surface area (Å²) in [5.74, 6) is -5.60. The number of nitrogens with one attached hydrogen (secondary N) is 1. The molecule has 0 saturated carbocycles. The lowest BCUT2D eigenvalue weighted by Crippen LogP contribution is -2.42. The second-order valence-corrected chi connectivity index (χ2v) is 11.2. The molecule has 0 aliphatic carbocycles. The van der Waals surface area contributed by atoms with Crippen molar-refractivity contribution in [1.82, 2.24) is 0 Å². The molecule has 0 atom stereocenters. The molecule has 0 radical (unpaired) electrons. The number of ether oxygens (including phenoxy) is 6. The second-order valence-electron chi connectivity index (χ2n) is 9.93. The lowest BCUT2D eigenvalue weighted by Gasteiger charge is -2.29. The summed E-state index contributed by atoms with van der Waals surface area (Å²) in [7, 11) is 0. The van der Waals surface area contributed by atoms with Crippen LogP contribution in [0.1, 0.15) is 83.5 Å². The summed E-state index contributed by atoms with van der Waals surface area (Å²) in [5, 5.41) is 2.78. The van der Waals surface area contributed by atoms with Crippen molar-refractivity contribution in [1.29, 1.82) is 0 Å². The predicted molar refractivity (Wildman–Crippen MR) is 180 cm³/mol. The van der Waals surface area contributed by atoms with Gasteiger partial charge in [-0.15, -0.1) is 0 Å². The van der Waals surface area contributed by atoms with Gasteiger partial charge >= 0.3 is 35.8 Å². The standard InChI is InChI=1S/C16H17NO6.C9H9IO2.C6H8O4.2CH4/c1-4-21-13(18)10-5-7-11(8-6-10)17-9-12-14(19)22-16(2,3)23-15(12)20;1-2-12-9(11)7-3-5-8(10)6-4-7;1-6(2)9-4(7)3-5(8)10-6;;/h5-9,17H,4H2,1-3H3;3-6H,2H2,1H3;3H2,1-2H3;2*1H4. The summed E-state index contributed by atoms with van der Waals surface area (Å²) in [6.45, 7) is 10.2. The second kappa shape index (κ2) is 19.3. The number of benzene rings is 2. The van der Waals surface area contributed by atoms with Crippen molar-refractivity contribution < 1.29 is 57.2 Å². The Morgan fingerprint density at radius 3 is 1.49 bits per heavy atom. The Morgan fingerprint density at radius 1 is 0.723 bits per heavy atom. The zero-order chi connectivity index (χ0) is 33.8. The fourth-order valence-corrected chi connectivity index (χ4v) is 3.77. The third-order valence-electron chi connectivity index (χ3n) is 5.26. The molecule has 2 fully saturated rings. The van der Waals surface area contributed by atoms with Crippen LogP contribution in [0.4, 0.5) is 5.69 Å². The lowest BCUT2D eigenvalue weighted by atomic mass is 10.2. The Labute approximate surface area is 288 Å². The van der Waals surface area contributed by atoms with E-state index in [0.717, 1.165) is 3.57 Å². The highest BCUT2D eigenvalue weighted by molar-refractivity contribution is 14.1. The molecule has 2 saturated heterocycles. The number of carbonyl (C=O) groups excluding carboxylic acids is 6. The number of halogens is 1. The van der Waals surface area contributed by atoms with Gasteiger partial charge in [-0.05, 0) is 85.0 Å². The van der Waals surface area contributed by atoms with Crippen molar-refractivity contribution in [3.8, 4) is 0 Å². The summed E-state index contributed by atoms with van der Waals surface area (Å²) in [4.78, 5) is 67.3. The number of cyclic esters (lactones) is 4. The largest absolute Gasteiger partial charge is 0.462 e. The molecule has 2 aromatic carbocycles. The van der Waals surface area contributed by atoms with Crippen LogP contribution in [0.25, 0.3) is 0 Å². The van der Waals surface area contributed by atoms with Gasteiger partial charge in [0.15, 0.2) is 5.57 Å². The molecule has 0 amide bonds. The SMILES string of the molecule is C.C.CC1(C)OC(=O)CC(=O)O1.CCOC(=O)c1ccc(I)cc1.CCOC(=O)c1ccc(NC=C2C(=O)OC(C)(C)OC2=O)cc1. The fraction of sp³-hybridized carbons (Fsp3) is 0.394. The van der Waals surface area contributed by atoms with Crippen LogP contribution in [0.2, 0.25) is 0 Å². The van der Waals surface area contributed by atoms with E-state index in [0.29, 0.717) is 30.0 Å². The van der Waals surface area contributed by atoms with Crippen molar-refractivity contribution in [3.05, 3.63) is 75.0 Å². The highest BCUT2D eigenvalue weighted by Crippen LogP contribution is 2.23. The molecule has 2 aromatic rings. The summed E-state index contributed by atoms with van der Waals surface area (Å²) in [6.07, 6.45) is 0.933. The van der Waals surface area contributed by atoms with E-state index in [1.165, 1.54) is 33.9 Å². The molecule has 0 aromatic heterocycles. The number of carbonyl (C=O) groups is 6. The van der Waals surface area contributed by atoms with Gasteiger partial charge in [-0.1, -0.05) is 14.9 Å². The maximum Gasteiger partial charge on any atom is 0.350 e. The smallest absolute Gasteiger partial charge is 0.350 e. The van der Waals surface area contributed by atoms with Gasteiger partial charge in [0.05, 0.1) is 24.3 Å². The van der Waals surface area contributed by atoms with E-state index >= 15 is 0 Å². The van der Waals surface area contributed by atoms with E-state index in [9.17, 15) is 28.8 Å². The van der Waals surface area contributed by atoms with Crippen LogP contribution in [0.5, 0.6) is 0 Å². The number of hydrogen-bond donors (Lipinski definition) is 1. The Bertz CT molecular complexity index is 1390. The molecular formula is C33H42INO12. The van der Waals surface area contributed by atoms with Gasteiger partial charge in [0, 0.05) is 43.2 Å². The Kier molecular flexibility index (Phi) is 17.4. The molecule has 0 bridgehead atoms. The molecule has 0 unspecified atom stereocenters. The van der Waals surface area contributed by atoms with Gasteiger partial charge in [-0.3, -0.25) is 9.59 Å². The third-order valence-corrected chi connectivity index (χ3v) is 5.98. The minimum Gasteiger partial charge on any atom is -0.462 e. The van der Waals surface area contributed by atoms with E-state index in [4.69, 9.17) is 18.9 Å². The van der Waals surface area contributed by atoms with Gasteiger partial charge in [0.1, 0.15) is 6.42 Å². The molecule has 0 spiro atoms. The number of anilines is 1. The normalized spacial score (nSPS) is 15.3. The molecule has 2 aliphatic heterocycles. The first kappa shape index (κ1) is 42.5. The average molecular weight is 772 g/mol. The number of rotatable bonds is 6. The van der Waals surface area contributed by atoms with Crippen molar-refractivity contribution >= 4 is 64.1 Å². The zero-order valence-electron chi connectivity index (χ0n) is 25.6. The number of hydrogen-bond acceptors (Lipinski definition) is 13. The molecule has 258 valence electrons. The predicted octanol–water partition coefficient (Wildman–Crippen LogP) is 5.95. The van der Waals surface area contributed by atoms with E-state index in [2.05, 4.69) is 37.4 Å². The van der Waals surface area contributed by atoms with Crippen LogP contribution in [0, 0.1) is 3.57 Å². The highest BCUT2D eigenvalue weighted by Gasteiger charge is 2.39. The van der Waals surface area contributed by atoms with E-state index < -0.39 is 41.4 Å². The molecule has 14 heteroatoms. The Hall–Kier alpha value is -4.47. The average Bonchev–Trinajstić information content (AvgIpc) is 2.92. The van der Waals surface area contributed by atoms with E-state index in [1.807, 2.05) is 12.1 Å². The fourth-order valence-electron chi connectivity index (χ4n) is 3.41. The molecule has 47 heavy (non-hydrogen) atoms. The van der Waals surface area contributed by atoms with Crippen LogP contribution >= 0.6 is 22.6 Å². The van der Waals surface area contributed by atoms with Gasteiger partial charge in [0.25, 0.3) is 11.6 Å². The molecule has 2 heterocycles. The van der Waals surface area contributed by atoms with Gasteiger partial charge in [-0.2, -0.15) is 0 Å². The maximum absolute atomic E-state index is 11.8. The van der Waals surface area contributed by atoms with Crippen LogP contribution in [0.3, 0.4) is 0 Å². The number of esters is 6. The third kappa shape index (κ3) is 14.7. The first-order valence-electron chi connectivity index (χ1n) is 13.6. The zero-order valence-corrected chi connectivity index (χ0v) is 27.8. The van der Waals surface area contributed by atoms with Gasteiger partial charge < -0.3 is 33.7 Å². The first-order chi connectivity index (χ1) is 21.1. The van der Waals surface area contributed by atoms with Crippen LogP contribution in [-0.4, -0.2) is 60.6 Å². The molecule has 2 aliphatic rings. The van der Waals surface area contributed by atoms with Crippen LogP contribution in [-0.2, 0) is 47.6 Å². The summed E-state index contributed by atoms with van der Waals surface area (Å²) >= 11 is 2.19. The summed E-state index contributed by atoms with van der Waals surface area (Å²) in [5.41, 5.74) is 1.36. The minimum atomic E-state index is -1.27. The Morgan fingerprint density at radius 2 is 1.11 bits per heavy atom. The highest BCUT2D eigenvalue weighted by atomic mass is 127. The van der Waals surface area contributed by atoms with Crippen molar-refractivity contribution in [2.24, 2.45) is 0 Å².